The van der Waals surface area contributed by atoms with Crippen molar-refractivity contribution in [1.29, 1.82) is 0 Å². The Kier molecular flexibility index (Phi) is 7.06. The predicted molar refractivity (Wildman–Crippen MR) is 98.7 cm³/mol. The van der Waals surface area contributed by atoms with Gasteiger partial charge in [0.25, 0.3) is 0 Å². The van der Waals surface area contributed by atoms with Crippen molar-refractivity contribution in [3.8, 4) is 0 Å². The third-order valence-corrected chi connectivity index (χ3v) is 9.82. The molecule has 2 saturated carbocycles. The summed E-state index contributed by atoms with van der Waals surface area (Å²) in [7, 11) is -4.29. The first kappa shape index (κ1) is 23.7. The van der Waals surface area contributed by atoms with Crippen LogP contribution < -0.4 is 0 Å². The Balaban J connectivity index is 2.35. The van der Waals surface area contributed by atoms with Gasteiger partial charge in [-0.25, -0.2) is 8.42 Å². The van der Waals surface area contributed by atoms with Gasteiger partial charge < -0.3 is 20.4 Å². The number of aliphatic carboxylic acids is 4. The maximum atomic E-state index is 13.2. The molecule has 0 aromatic rings. The average Bonchev–Trinajstić information content (AvgIpc) is 2.59. The Bertz CT molecular complexity index is 753. The minimum Gasteiger partial charge on any atom is -0.481 e. The molecule has 0 aliphatic heterocycles. The second-order valence-electron chi connectivity index (χ2n) is 7.42. The van der Waals surface area contributed by atoms with Crippen molar-refractivity contribution in [2.45, 2.75) is 46.9 Å². The molecule has 2 aliphatic rings. The molecule has 0 amide bonds. The van der Waals surface area contributed by atoms with Gasteiger partial charge in [-0.15, -0.1) is 23.2 Å². The second-order valence-corrected chi connectivity index (χ2v) is 10.9. The van der Waals surface area contributed by atoms with Gasteiger partial charge in [-0.2, -0.15) is 0 Å². The third kappa shape index (κ3) is 4.61. The van der Waals surface area contributed by atoms with Crippen molar-refractivity contribution in [1.82, 2.24) is 0 Å². The molecule has 0 unspecified atom stereocenters. The van der Waals surface area contributed by atoms with E-state index in [1.165, 1.54) is 0 Å². The van der Waals surface area contributed by atoms with E-state index in [-0.39, 0.29) is 0 Å². The number of rotatable bonds is 6. The molecule has 2 rings (SSSR count). The molecule has 0 radical (unpaired) electrons. The zero-order valence-corrected chi connectivity index (χ0v) is 17.2. The van der Waals surface area contributed by atoms with Gasteiger partial charge in [0.05, 0.1) is 44.9 Å². The van der Waals surface area contributed by atoms with Crippen LogP contribution in [-0.2, 0) is 29.0 Å². The van der Waals surface area contributed by atoms with Crippen molar-refractivity contribution < 1.29 is 48.0 Å². The number of hydrogen-bond acceptors (Lipinski definition) is 6. The summed E-state index contributed by atoms with van der Waals surface area (Å²) < 4.78 is 26.4. The van der Waals surface area contributed by atoms with Gasteiger partial charge in [-0.05, 0) is 25.7 Å². The Hall–Kier alpha value is -1.59. The minimum absolute atomic E-state index is 0.391. The van der Waals surface area contributed by atoms with Gasteiger partial charge in [0.15, 0.2) is 9.84 Å². The number of halogens is 2. The second kappa shape index (κ2) is 8.65. The van der Waals surface area contributed by atoms with Gasteiger partial charge in [-0.1, -0.05) is 0 Å². The molecule has 0 spiro atoms. The maximum Gasteiger partial charge on any atom is 0.307 e. The molecule has 0 aromatic carbocycles. The van der Waals surface area contributed by atoms with E-state index in [9.17, 15) is 48.0 Å². The molecular formula is C16H20Cl2O10S. The minimum atomic E-state index is -4.29. The number of carbonyl (C=O) groups is 4. The summed E-state index contributed by atoms with van der Waals surface area (Å²) >= 11 is 12.3. The quantitative estimate of drug-likeness (QED) is 0.400. The molecule has 4 N–H and O–H groups in total. The first-order valence-electron chi connectivity index (χ1n) is 8.71. The average molecular weight is 475 g/mol. The molecule has 29 heavy (non-hydrogen) atoms. The van der Waals surface area contributed by atoms with Crippen LogP contribution in [0.4, 0.5) is 0 Å². The first-order chi connectivity index (χ1) is 13.3. The molecular weight excluding hydrogens is 455 g/mol. The largest absolute Gasteiger partial charge is 0.481 e. The number of sulfone groups is 1. The molecule has 8 atom stereocenters. The molecule has 164 valence electrons. The van der Waals surface area contributed by atoms with E-state index in [1.807, 2.05) is 0 Å². The van der Waals surface area contributed by atoms with E-state index >= 15 is 0 Å². The molecule has 0 saturated heterocycles. The zero-order valence-electron chi connectivity index (χ0n) is 14.8. The van der Waals surface area contributed by atoms with Crippen molar-refractivity contribution >= 4 is 56.9 Å². The van der Waals surface area contributed by atoms with Gasteiger partial charge in [0.2, 0.25) is 0 Å². The molecule has 2 fully saturated rings. The summed E-state index contributed by atoms with van der Waals surface area (Å²) in [5.41, 5.74) is 0. The van der Waals surface area contributed by atoms with Crippen LogP contribution >= 0.6 is 23.2 Å². The SMILES string of the molecule is O=C(O)[C@H]1C[C@@H](S(=O)(=O)[C@@H]2C[C@H](C(=O)O)[C@H](C(=O)O)C[C@@H]2Cl)[C@H](Cl)C[C@H]1C(=O)O. The van der Waals surface area contributed by atoms with Crippen LogP contribution in [0.2, 0.25) is 0 Å². The highest BCUT2D eigenvalue weighted by Crippen LogP contribution is 2.43. The number of carboxylic acids is 4. The molecule has 10 nitrogen and oxygen atoms in total. The van der Waals surface area contributed by atoms with Crippen LogP contribution in [0.15, 0.2) is 0 Å². The van der Waals surface area contributed by atoms with Crippen LogP contribution in [0.1, 0.15) is 25.7 Å². The zero-order chi connectivity index (χ0) is 22.3. The lowest BCUT2D eigenvalue weighted by Crippen LogP contribution is -2.53. The lowest BCUT2D eigenvalue weighted by molar-refractivity contribution is -0.155. The van der Waals surface area contributed by atoms with Crippen molar-refractivity contribution in [3.63, 3.8) is 0 Å². The lowest BCUT2D eigenvalue weighted by Gasteiger charge is -2.40. The molecule has 0 bridgehead atoms. The van der Waals surface area contributed by atoms with Crippen molar-refractivity contribution in [2.24, 2.45) is 23.7 Å². The van der Waals surface area contributed by atoms with E-state index < -0.39 is 104 Å². The Morgan fingerprint density at radius 1 is 0.586 bits per heavy atom. The lowest BCUT2D eigenvalue weighted by atomic mass is 9.78. The van der Waals surface area contributed by atoms with Crippen LogP contribution in [0, 0.1) is 23.7 Å². The summed E-state index contributed by atoms with van der Waals surface area (Å²) in [6, 6.07) is 0. The predicted octanol–water partition coefficient (Wildman–Crippen LogP) is 0.744. The van der Waals surface area contributed by atoms with Crippen molar-refractivity contribution in [2.75, 3.05) is 0 Å². The Morgan fingerprint density at radius 3 is 1.07 bits per heavy atom. The molecule has 13 heteroatoms. The van der Waals surface area contributed by atoms with Crippen LogP contribution in [-0.4, -0.2) is 74.0 Å². The number of alkyl halides is 2. The molecule has 0 aromatic heterocycles. The summed E-state index contributed by atoms with van der Waals surface area (Å²) in [6.07, 6.45) is -1.89. The summed E-state index contributed by atoms with van der Waals surface area (Å²) in [6.45, 7) is 0. The normalized spacial score (nSPS) is 38.1. The summed E-state index contributed by atoms with van der Waals surface area (Å²) in [5.74, 6) is -11.4. The van der Waals surface area contributed by atoms with E-state index in [2.05, 4.69) is 0 Å². The Morgan fingerprint density at radius 2 is 0.828 bits per heavy atom. The van der Waals surface area contributed by atoms with E-state index in [0.717, 1.165) is 0 Å². The molecule has 2 aliphatic carbocycles. The highest BCUT2D eigenvalue weighted by atomic mass is 35.5. The Labute approximate surface area is 175 Å². The van der Waals surface area contributed by atoms with Gasteiger partial charge >= 0.3 is 23.9 Å². The van der Waals surface area contributed by atoms with Crippen molar-refractivity contribution in [3.05, 3.63) is 0 Å². The van der Waals surface area contributed by atoms with E-state index in [1.54, 1.807) is 0 Å². The fraction of sp³-hybridized carbons (Fsp3) is 0.750. The van der Waals surface area contributed by atoms with Crippen LogP contribution in [0.5, 0.6) is 0 Å². The van der Waals surface area contributed by atoms with Gasteiger partial charge in [0, 0.05) is 0 Å². The topological polar surface area (TPSA) is 183 Å². The van der Waals surface area contributed by atoms with Crippen LogP contribution in [0.3, 0.4) is 0 Å². The standard InChI is InChI=1S/C16H20Cl2O10S/c17-9-1-5(13(19)20)7(15(23)24)3-11(9)29(27,28)12-4-8(16(25)26)6(14(21)22)2-10(12)18/h5-12H,1-4H2,(H,19,20)(H,21,22)(H,23,24)(H,25,26)/t5-,6-,7+,8+,9-,10+,11-,12-/m1/s1. The van der Waals surface area contributed by atoms with E-state index in [0.29, 0.717) is 0 Å². The fourth-order valence-electron chi connectivity index (χ4n) is 4.24. The van der Waals surface area contributed by atoms with E-state index in [4.69, 9.17) is 23.2 Å². The highest BCUT2D eigenvalue weighted by molar-refractivity contribution is 7.92. The van der Waals surface area contributed by atoms with Crippen LogP contribution in [0.25, 0.3) is 0 Å². The number of carboxylic acid groups (broad SMARTS) is 4. The summed E-state index contributed by atoms with van der Waals surface area (Å²) in [5, 5.41) is 31.8. The molecule has 0 heterocycles. The number of hydrogen-bond donors (Lipinski definition) is 4. The van der Waals surface area contributed by atoms with Gasteiger partial charge in [0.1, 0.15) is 0 Å². The third-order valence-electron chi connectivity index (χ3n) is 5.82. The first-order valence-corrected chi connectivity index (χ1v) is 11.2. The maximum absolute atomic E-state index is 13.2. The fourth-order valence-corrected chi connectivity index (χ4v) is 8.13. The smallest absolute Gasteiger partial charge is 0.307 e. The monoisotopic (exact) mass is 474 g/mol. The highest BCUT2D eigenvalue weighted by Gasteiger charge is 2.54. The summed E-state index contributed by atoms with van der Waals surface area (Å²) in [4.78, 5) is 45.6. The van der Waals surface area contributed by atoms with Gasteiger partial charge in [-0.3, -0.25) is 19.2 Å².